The summed E-state index contributed by atoms with van der Waals surface area (Å²) in [6.07, 6.45) is 3.72. The van der Waals surface area contributed by atoms with E-state index in [1.54, 1.807) is 0 Å². The molecule has 1 aliphatic rings. The molecule has 0 atom stereocenters. The number of hydrogen-bond acceptors (Lipinski definition) is 3. The van der Waals surface area contributed by atoms with Gasteiger partial charge in [-0.2, -0.15) is 21.6 Å². The number of sulfonamides is 1. The Labute approximate surface area is 78.1 Å². The number of alkyl halides is 3. The highest BCUT2D eigenvalue weighted by molar-refractivity contribution is 7.90. The fourth-order valence-electron chi connectivity index (χ4n) is 0.691. The summed E-state index contributed by atoms with van der Waals surface area (Å²) in [5.74, 6) is 0. The molecule has 0 aromatic rings. The molecule has 0 fully saturated rings. The van der Waals surface area contributed by atoms with Crippen molar-refractivity contribution in [2.24, 2.45) is 0 Å². The summed E-state index contributed by atoms with van der Waals surface area (Å²) in [6, 6.07) is 0. The fourth-order valence-corrected chi connectivity index (χ4v) is 1.28. The maximum absolute atomic E-state index is 11.9. The van der Waals surface area contributed by atoms with Gasteiger partial charge in [0.1, 0.15) is 6.61 Å². The summed E-state index contributed by atoms with van der Waals surface area (Å²) in [5, 5.41) is 0. The third-order valence-corrected chi connectivity index (χ3v) is 2.42. The number of halogens is 3. The maximum atomic E-state index is 11.9. The Hall–Kier alpha value is -1.18. The van der Waals surface area contributed by atoms with Crippen molar-refractivity contribution < 1.29 is 26.3 Å². The Morgan fingerprint density at radius 3 is 2.50 bits per heavy atom. The standard InChI is InChI=1S/C6H6F3NO3S/c7-6(8,9)14(11,12)10-5-2-1-3-13-4-5/h1-3,10H,4H2. The Bertz CT molecular complexity index is 368. The molecule has 0 amide bonds. The molecule has 14 heavy (non-hydrogen) atoms. The lowest BCUT2D eigenvalue weighted by molar-refractivity contribution is -0.0445. The van der Waals surface area contributed by atoms with Gasteiger partial charge in [-0.15, -0.1) is 0 Å². The zero-order chi connectivity index (χ0) is 10.8. The third-order valence-electron chi connectivity index (χ3n) is 1.28. The van der Waals surface area contributed by atoms with Crippen LogP contribution in [-0.2, 0) is 14.8 Å². The molecule has 0 unspecified atom stereocenters. The highest BCUT2D eigenvalue weighted by atomic mass is 32.2. The summed E-state index contributed by atoms with van der Waals surface area (Å²) in [6.45, 7) is -0.230. The van der Waals surface area contributed by atoms with Gasteiger partial charge in [0.25, 0.3) is 0 Å². The second-order valence-corrected chi connectivity index (χ2v) is 4.06. The van der Waals surface area contributed by atoms with Crippen molar-refractivity contribution in [1.82, 2.24) is 4.72 Å². The first-order valence-corrected chi connectivity index (χ1v) is 4.87. The first-order valence-electron chi connectivity index (χ1n) is 3.39. The van der Waals surface area contributed by atoms with Crippen molar-refractivity contribution in [1.29, 1.82) is 0 Å². The van der Waals surface area contributed by atoms with Crippen LogP contribution in [0.25, 0.3) is 0 Å². The van der Waals surface area contributed by atoms with E-state index >= 15 is 0 Å². The summed E-state index contributed by atoms with van der Waals surface area (Å²) in [7, 11) is -5.33. The van der Waals surface area contributed by atoms with Crippen LogP contribution >= 0.6 is 0 Å². The van der Waals surface area contributed by atoms with Gasteiger partial charge in [0, 0.05) is 0 Å². The minimum atomic E-state index is -5.33. The van der Waals surface area contributed by atoms with Crippen molar-refractivity contribution in [3.05, 3.63) is 24.1 Å². The van der Waals surface area contributed by atoms with Crippen molar-refractivity contribution >= 4 is 10.0 Å². The molecule has 0 saturated heterocycles. The van der Waals surface area contributed by atoms with Crippen LogP contribution in [0.5, 0.6) is 0 Å². The predicted molar refractivity (Wildman–Crippen MR) is 41.3 cm³/mol. The molecule has 0 aromatic carbocycles. The zero-order valence-electron chi connectivity index (χ0n) is 6.71. The normalized spacial score (nSPS) is 17.2. The molecule has 1 N–H and O–H groups in total. The van der Waals surface area contributed by atoms with Crippen LogP contribution < -0.4 is 4.72 Å². The molecular formula is C6H6F3NO3S. The lowest BCUT2D eigenvalue weighted by Gasteiger charge is -2.14. The van der Waals surface area contributed by atoms with E-state index in [-0.39, 0.29) is 12.3 Å². The first kappa shape index (κ1) is 10.9. The number of hydrogen-bond donors (Lipinski definition) is 1. The van der Waals surface area contributed by atoms with Crippen LogP contribution in [0.2, 0.25) is 0 Å². The summed E-state index contributed by atoms with van der Waals surface area (Å²) < 4.78 is 62.6. The minimum absolute atomic E-state index is 0.162. The van der Waals surface area contributed by atoms with E-state index in [1.807, 2.05) is 0 Å². The number of rotatable bonds is 2. The van der Waals surface area contributed by atoms with E-state index < -0.39 is 15.5 Å². The summed E-state index contributed by atoms with van der Waals surface area (Å²) in [5.41, 5.74) is -5.47. The number of allylic oxidation sites excluding steroid dienone is 2. The molecule has 0 spiro atoms. The highest BCUT2D eigenvalue weighted by Crippen LogP contribution is 2.22. The van der Waals surface area contributed by atoms with Crippen molar-refractivity contribution in [3.8, 4) is 0 Å². The van der Waals surface area contributed by atoms with Crippen molar-refractivity contribution in [2.75, 3.05) is 6.61 Å². The zero-order valence-corrected chi connectivity index (χ0v) is 7.52. The van der Waals surface area contributed by atoms with Gasteiger partial charge in [-0.1, -0.05) is 0 Å². The lowest BCUT2D eigenvalue weighted by atomic mass is 10.4. The summed E-state index contributed by atoms with van der Waals surface area (Å²) >= 11 is 0. The molecule has 1 rings (SSSR count). The van der Waals surface area contributed by atoms with Gasteiger partial charge in [0.15, 0.2) is 0 Å². The Morgan fingerprint density at radius 2 is 2.07 bits per heavy atom. The van der Waals surface area contributed by atoms with E-state index in [9.17, 15) is 21.6 Å². The Balaban J connectivity index is 2.79. The molecule has 0 radical (unpaired) electrons. The predicted octanol–water partition coefficient (Wildman–Crippen LogP) is 0.853. The maximum Gasteiger partial charge on any atom is 0.516 e. The van der Waals surface area contributed by atoms with Gasteiger partial charge in [0.2, 0.25) is 0 Å². The van der Waals surface area contributed by atoms with Crippen LogP contribution in [0.1, 0.15) is 0 Å². The van der Waals surface area contributed by atoms with Gasteiger partial charge in [-0.3, -0.25) is 4.72 Å². The fraction of sp³-hybridized carbons (Fsp3) is 0.333. The first-order chi connectivity index (χ1) is 6.33. The Morgan fingerprint density at radius 1 is 1.43 bits per heavy atom. The van der Waals surface area contributed by atoms with Gasteiger partial charge in [0.05, 0.1) is 12.0 Å². The van der Waals surface area contributed by atoms with E-state index in [2.05, 4.69) is 4.74 Å². The molecule has 4 nitrogen and oxygen atoms in total. The molecular weight excluding hydrogens is 223 g/mol. The smallest absolute Gasteiger partial charge is 0.495 e. The molecule has 0 bridgehead atoms. The largest absolute Gasteiger partial charge is 0.516 e. The molecule has 0 aliphatic carbocycles. The second kappa shape index (κ2) is 3.52. The van der Waals surface area contributed by atoms with E-state index in [0.29, 0.717) is 0 Å². The van der Waals surface area contributed by atoms with Crippen molar-refractivity contribution in [2.45, 2.75) is 5.51 Å². The molecule has 1 heterocycles. The lowest BCUT2D eigenvalue weighted by Crippen LogP contribution is -2.37. The van der Waals surface area contributed by atoms with Crippen LogP contribution in [0.4, 0.5) is 13.2 Å². The second-order valence-electron chi connectivity index (χ2n) is 2.38. The number of ether oxygens (including phenoxy) is 1. The highest BCUT2D eigenvalue weighted by Gasteiger charge is 2.46. The monoisotopic (exact) mass is 229 g/mol. The van der Waals surface area contributed by atoms with Crippen LogP contribution in [-0.4, -0.2) is 20.5 Å². The van der Waals surface area contributed by atoms with Gasteiger partial charge in [-0.05, 0) is 12.2 Å². The van der Waals surface area contributed by atoms with Gasteiger partial charge < -0.3 is 4.74 Å². The van der Waals surface area contributed by atoms with Gasteiger partial charge >= 0.3 is 15.5 Å². The van der Waals surface area contributed by atoms with Gasteiger partial charge in [-0.25, -0.2) is 0 Å². The van der Waals surface area contributed by atoms with E-state index in [1.165, 1.54) is 23.1 Å². The third kappa shape index (κ3) is 2.41. The van der Waals surface area contributed by atoms with Crippen LogP contribution in [0, 0.1) is 0 Å². The minimum Gasteiger partial charge on any atom is -0.495 e. The molecule has 80 valence electrons. The molecule has 0 aromatic heterocycles. The molecule has 1 aliphatic heterocycles. The molecule has 0 saturated carbocycles. The molecule has 8 heteroatoms. The van der Waals surface area contributed by atoms with Crippen LogP contribution in [0.15, 0.2) is 24.1 Å². The Kier molecular flexibility index (Phi) is 2.74. The topological polar surface area (TPSA) is 55.4 Å². The average molecular weight is 229 g/mol. The van der Waals surface area contributed by atoms with E-state index in [4.69, 9.17) is 0 Å². The summed E-state index contributed by atoms with van der Waals surface area (Å²) in [4.78, 5) is 0. The quantitative estimate of drug-likeness (QED) is 0.763. The SMILES string of the molecule is O=S(=O)(NC1=CC=COC1)C(F)(F)F. The number of nitrogens with one attached hydrogen (secondary N) is 1. The van der Waals surface area contributed by atoms with Crippen molar-refractivity contribution in [3.63, 3.8) is 0 Å². The van der Waals surface area contributed by atoms with Crippen LogP contribution in [0.3, 0.4) is 0 Å². The van der Waals surface area contributed by atoms with E-state index in [0.717, 1.165) is 0 Å². The average Bonchev–Trinajstić information content (AvgIpc) is 2.03.